The minimum Gasteiger partial charge on any atom is -0.349 e. The van der Waals surface area contributed by atoms with Crippen LogP contribution >= 0.6 is 0 Å². The van der Waals surface area contributed by atoms with Crippen LogP contribution in [0, 0.1) is 46.3 Å². The van der Waals surface area contributed by atoms with Crippen molar-refractivity contribution in [2.75, 3.05) is 6.61 Å². The molecular weight excluding hydrogens is 388 g/mol. The summed E-state index contributed by atoms with van der Waals surface area (Å²) in [6, 6.07) is 0. The fourth-order valence-electron chi connectivity index (χ4n) is 9.26. The van der Waals surface area contributed by atoms with Crippen molar-refractivity contribution in [3.05, 3.63) is 11.6 Å². The maximum absolute atomic E-state index is 14.0. The van der Waals surface area contributed by atoms with Crippen LogP contribution in [0.25, 0.3) is 0 Å². The van der Waals surface area contributed by atoms with Crippen molar-refractivity contribution in [2.24, 2.45) is 46.3 Å². The van der Waals surface area contributed by atoms with E-state index in [4.69, 9.17) is 9.47 Å². The third kappa shape index (κ3) is 2.55. The maximum atomic E-state index is 14.0. The van der Waals surface area contributed by atoms with Crippen LogP contribution in [-0.2, 0) is 19.1 Å². The van der Waals surface area contributed by atoms with Crippen molar-refractivity contribution in [1.29, 1.82) is 0 Å². The van der Waals surface area contributed by atoms with Gasteiger partial charge < -0.3 is 9.47 Å². The first-order valence-corrected chi connectivity index (χ1v) is 12.8. The number of ether oxygens (including phenoxy) is 2. The Morgan fingerprint density at radius 1 is 1.03 bits per heavy atom. The van der Waals surface area contributed by atoms with Gasteiger partial charge in [0.2, 0.25) is 0 Å². The molecule has 0 amide bonds. The molecule has 0 aromatic heterocycles. The smallest absolute Gasteiger partial charge is 0.171 e. The van der Waals surface area contributed by atoms with Gasteiger partial charge >= 0.3 is 0 Å². The van der Waals surface area contributed by atoms with Gasteiger partial charge in [0.25, 0.3) is 0 Å². The van der Waals surface area contributed by atoms with E-state index in [1.54, 1.807) is 0 Å². The summed E-state index contributed by atoms with van der Waals surface area (Å²) < 4.78 is 13.2. The maximum Gasteiger partial charge on any atom is 0.171 e. The van der Waals surface area contributed by atoms with Gasteiger partial charge in [-0.2, -0.15) is 0 Å². The van der Waals surface area contributed by atoms with Gasteiger partial charge in [-0.15, -0.1) is 0 Å². The average molecular weight is 427 g/mol. The molecule has 6 aliphatic rings. The van der Waals surface area contributed by atoms with E-state index in [-0.39, 0.29) is 34.6 Å². The number of allylic oxidation sites excluding steroid dienone is 1. The van der Waals surface area contributed by atoms with Crippen LogP contribution in [0.2, 0.25) is 0 Å². The molecule has 10 atom stereocenters. The zero-order valence-electron chi connectivity index (χ0n) is 19.6. The van der Waals surface area contributed by atoms with Crippen LogP contribution < -0.4 is 0 Å². The summed E-state index contributed by atoms with van der Waals surface area (Å²) in [4.78, 5) is 26.0. The lowest BCUT2D eigenvalue weighted by Gasteiger charge is -2.57. The molecule has 0 radical (unpaired) electrons. The molecule has 4 aliphatic carbocycles. The summed E-state index contributed by atoms with van der Waals surface area (Å²) in [7, 11) is 0. The molecule has 6 rings (SSSR count). The normalized spacial score (nSPS) is 56.0. The van der Waals surface area contributed by atoms with E-state index in [1.807, 2.05) is 6.08 Å². The van der Waals surface area contributed by atoms with Crippen LogP contribution in [-0.4, -0.2) is 30.1 Å². The van der Waals surface area contributed by atoms with Crippen LogP contribution in [0.1, 0.15) is 79.1 Å². The summed E-state index contributed by atoms with van der Waals surface area (Å²) in [5.74, 6) is 2.78. The molecule has 0 bridgehead atoms. The zero-order chi connectivity index (χ0) is 21.8. The van der Waals surface area contributed by atoms with E-state index < -0.39 is 5.79 Å². The SMILES string of the molecule is C[C@@H]1CC[C@@]2(OC1)O[C@H]1C[C@H]3[C@@H]4CCC5=CC(=O)CC[C@]5(C)[C@H]4CC(=O)[C@]3(C)[C@H]1[C@@H]2C. The summed E-state index contributed by atoms with van der Waals surface area (Å²) in [6.45, 7) is 9.95. The molecule has 2 aliphatic heterocycles. The first kappa shape index (κ1) is 20.6. The molecule has 0 aromatic rings. The van der Waals surface area contributed by atoms with E-state index in [0.717, 1.165) is 45.1 Å². The van der Waals surface area contributed by atoms with Crippen molar-refractivity contribution >= 4 is 11.6 Å². The van der Waals surface area contributed by atoms with E-state index in [9.17, 15) is 9.59 Å². The number of Topliss-reactive ketones (excluding diaryl/α,β-unsaturated/α-hetero) is 1. The zero-order valence-corrected chi connectivity index (χ0v) is 19.6. The molecule has 4 heteroatoms. The highest BCUT2D eigenvalue weighted by molar-refractivity contribution is 5.92. The second kappa shape index (κ2) is 6.53. The predicted octanol–water partition coefficient (Wildman–Crippen LogP) is 5.10. The number of hydrogen-bond acceptors (Lipinski definition) is 4. The van der Waals surface area contributed by atoms with Crippen molar-refractivity contribution in [1.82, 2.24) is 0 Å². The predicted molar refractivity (Wildman–Crippen MR) is 117 cm³/mol. The second-order valence-electron chi connectivity index (χ2n) is 12.4. The van der Waals surface area contributed by atoms with Gasteiger partial charge in [0, 0.05) is 36.5 Å². The molecule has 3 saturated carbocycles. The highest BCUT2D eigenvalue weighted by Gasteiger charge is 2.71. The minimum atomic E-state index is -0.467. The topological polar surface area (TPSA) is 52.6 Å². The lowest BCUT2D eigenvalue weighted by molar-refractivity contribution is -0.272. The van der Waals surface area contributed by atoms with Gasteiger partial charge in [-0.25, -0.2) is 0 Å². The molecular formula is C27H38O4. The summed E-state index contributed by atoms with van der Waals surface area (Å²) in [5, 5.41) is 0. The third-order valence-electron chi connectivity index (χ3n) is 11.1. The fraction of sp³-hybridized carbons (Fsp3) is 0.852. The van der Waals surface area contributed by atoms with Crippen LogP contribution in [0.4, 0.5) is 0 Å². The van der Waals surface area contributed by atoms with E-state index in [0.29, 0.717) is 42.3 Å². The average Bonchev–Trinajstić information content (AvgIpc) is 3.18. The highest BCUT2D eigenvalue weighted by Crippen LogP contribution is 2.69. The van der Waals surface area contributed by atoms with Gasteiger partial charge in [0.15, 0.2) is 11.6 Å². The molecule has 0 N–H and O–H groups in total. The van der Waals surface area contributed by atoms with Gasteiger partial charge in [-0.1, -0.05) is 33.3 Å². The quantitative estimate of drug-likeness (QED) is 0.541. The third-order valence-corrected chi connectivity index (χ3v) is 11.1. The Labute approximate surface area is 186 Å². The number of carbonyl (C=O) groups is 2. The number of rotatable bonds is 0. The van der Waals surface area contributed by atoms with Gasteiger partial charge in [-0.05, 0) is 67.3 Å². The van der Waals surface area contributed by atoms with Crippen molar-refractivity contribution < 1.29 is 19.1 Å². The molecule has 4 nitrogen and oxygen atoms in total. The largest absolute Gasteiger partial charge is 0.349 e. The fourth-order valence-corrected chi connectivity index (χ4v) is 9.26. The first-order chi connectivity index (χ1) is 14.7. The standard InChI is InChI=1S/C27H38O4/c1-15-7-10-27(30-14-15)16(2)24-22(31-27)12-21-19-6-5-17-11-18(28)8-9-25(17,3)20(19)13-23(29)26(21,24)4/h11,15-16,19-22,24H,5-10,12-14H2,1-4H3/t15-,16+,19-,20+,21+,22+,24+,25+,26-,27-/m1/s1. The Bertz CT molecular complexity index is 851. The monoisotopic (exact) mass is 426 g/mol. The molecule has 1 spiro atoms. The molecule has 170 valence electrons. The molecule has 2 heterocycles. The summed E-state index contributed by atoms with van der Waals surface area (Å²) >= 11 is 0. The molecule has 5 fully saturated rings. The summed E-state index contributed by atoms with van der Waals surface area (Å²) in [5.41, 5.74) is 1.07. The van der Waals surface area contributed by atoms with Crippen molar-refractivity contribution in [3.63, 3.8) is 0 Å². The Morgan fingerprint density at radius 3 is 2.58 bits per heavy atom. The Hall–Kier alpha value is -1.00. The lowest BCUT2D eigenvalue weighted by atomic mass is 9.46. The molecule has 0 unspecified atom stereocenters. The van der Waals surface area contributed by atoms with Crippen LogP contribution in [0.3, 0.4) is 0 Å². The van der Waals surface area contributed by atoms with E-state index in [2.05, 4.69) is 27.7 Å². The van der Waals surface area contributed by atoms with Crippen molar-refractivity contribution in [3.8, 4) is 0 Å². The number of carbonyl (C=O) groups excluding carboxylic acids is 2. The number of fused-ring (bicyclic) bond motifs is 7. The van der Waals surface area contributed by atoms with Gasteiger partial charge in [-0.3, -0.25) is 9.59 Å². The molecule has 0 aromatic carbocycles. The van der Waals surface area contributed by atoms with Crippen LogP contribution in [0.15, 0.2) is 11.6 Å². The Kier molecular flexibility index (Phi) is 4.34. The summed E-state index contributed by atoms with van der Waals surface area (Å²) in [6.07, 6.45) is 9.59. The molecule has 31 heavy (non-hydrogen) atoms. The van der Waals surface area contributed by atoms with E-state index >= 15 is 0 Å². The highest BCUT2D eigenvalue weighted by atomic mass is 16.7. The van der Waals surface area contributed by atoms with Crippen LogP contribution in [0.5, 0.6) is 0 Å². The number of ketones is 2. The van der Waals surface area contributed by atoms with E-state index in [1.165, 1.54) is 5.57 Å². The second-order valence-corrected chi connectivity index (χ2v) is 12.4. The van der Waals surface area contributed by atoms with Crippen molar-refractivity contribution in [2.45, 2.75) is 91.0 Å². The number of hydrogen-bond donors (Lipinski definition) is 0. The molecule has 2 saturated heterocycles. The Morgan fingerprint density at radius 2 is 1.84 bits per heavy atom. The Balaban J connectivity index is 1.33. The lowest BCUT2D eigenvalue weighted by Crippen LogP contribution is -2.56. The first-order valence-electron chi connectivity index (χ1n) is 12.8. The minimum absolute atomic E-state index is 0.0296. The van der Waals surface area contributed by atoms with Gasteiger partial charge in [0.05, 0.1) is 12.7 Å². The van der Waals surface area contributed by atoms with Gasteiger partial charge in [0.1, 0.15) is 5.78 Å².